The zero-order valence-electron chi connectivity index (χ0n) is 22.4. The number of ether oxygens (including phenoxy) is 2. The van der Waals surface area contributed by atoms with E-state index in [0.29, 0.717) is 29.8 Å². The summed E-state index contributed by atoms with van der Waals surface area (Å²) in [4.78, 5) is 25.1. The number of piperidine rings is 1. The van der Waals surface area contributed by atoms with Gasteiger partial charge < -0.3 is 19.4 Å². The third-order valence-corrected chi connectivity index (χ3v) is 8.07. The zero-order chi connectivity index (χ0) is 26.2. The molecular weight excluding hydrogens is 480 g/mol. The van der Waals surface area contributed by atoms with Gasteiger partial charge >= 0.3 is 0 Å². The van der Waals surface area contributed by atoms with E-state index in [-0.39, 0.29) is 5.91 Å². The third kappa shape index (κ3) is 4.65. The summed E-state index contributed by atoms with van der Waals surface area (Å²) < 4.78 is 12.8. The molecule has 9 heteroatoms. The number of carbonyl (C=O) groups is 1. The number of morpholine rings is 1. The van der Waals surface area contributed by atoms with E-state index < -0.39 is 0 Å². The molecule has 2 aliphatic rings. The Morgan fingerprint density at radius 2 is 1.95 bits per heavy atom. The largest absolute Gasteiger partial charge is 0.493 e. The lowest BCUT2D eigenvalue weighted by molar-refractivity contribution is -0.134. The van der Waals surface area contributed by atoms with E-state index in [4.69, 9.17) is 9.47 Å². The highest BCUT2D eigenvalue weighted by Crippen LogP contribution is 2.39. The molecule has 5 heterocycles. The smallest absolute Gasteiger partial charge is 0.236 e. The molecule has 0 radical (unpaired) electrons. The van der Waals surface area contributed by atoms with E-state index in [0.717, 1.165) is 69.0 Å². The summed E-state index contributed by atoms with van der Waals surface area (Å²) in [5.41, 5.74) is 6.59. The van der Waals surface area contributed by atoms with Gasteiger partial charge in [-0.3, -0.25) is 9.69 Å². The molecule has 0 spiro atoms. The number of pyridine rings is 1. The SMILES string of the molecule is COc1cc(-c2[nH]c3ccc(C4CCN(C(=O)CN5CCOCC5)CC4)cc3c2C(C)C)cn2ncnc12. The lowest BCUT2D eigenvalue weighted by Gasteiger charge is -2.34. The van der Waals surface area contributed by atoms with Crippen LogP contribution < -0.4 is 4.74 Å². The molecule has 38 heavy (non-hydrogen) atoms. The van der Waals surface area contributed by atoms with E-state index in [1.165, 1.54) is 16.5 Å². The number of benzene rings is 1. The minimum atomic E-state index is 0.248. The molecule has 1 N–H and O–H groups in total. The van der Waals surface area contributed by atoms with E-state index in [1.807, 2.05) is 17.2 Å². The molecular formula is C29H36N6O3. The Balaban J connectivity index is 1.24. The highest BCUT2D eigenvalue weighted by atomic mass is 16.5. The minimum absolute atomic E-state index is 0.248. The van der Waals surface area contributed by atoms with Crippen LogP contribution in [0.1, 0.15) is 49.7 Å². The van der Waals surface area contributed by atoms with E-state index >= 15 is 0 Å². The van der Waals surface area contributed by atoms with Crippen LogP contribution in [0.3, 0.4) is 0 Å². The second-order valence-electron chi connectivity index (χ2n) is 10.7. The molecule has 1 amide bonds. The Labute approximate surface area is 222 Å². The summed E-state index contributed by atoms with van der Waals surface area (Å²) in [5, 5.41) is 5.60. The molecule has 3 aromatic heterocycles. The first-order chi connectivity index (χ1) is 18.5. The number of amides is 1. The van der Waals surface area contributed by atoms with Gasteiger partial charge in [-0.15, -0.1) is 0 Å². The van der Waals surface area contributed by atoms with Crippen molar-refractivity contribution < 1.29 is 14.3 Å². The number of hydrogen-bond donors (Lipinski definition) is 1. The molecule has 1 aromatic carbocycles. The molecule has 0 atom stereocenters. The molecule has 200 valence electrons. The van der Waals surface area contributed by atoms with E-state index in [1.54, 1.807) is 18.0 Å². The van der Waals surface area contributed by atoms with Crippen LogP contribution in [0, 0.1) is 0 Å². The summed E-state index contributed by atoms with van der Waals surface area (Å²) >= 11 is 0. The van der Waals surface area contributed by atoms with Crippen LogP contribution in [0.5, 0.6) is 5.75 Å². The highest BCUT2D eigenvalue weighted by molar-refractivity contribution is 5.92. The number of rotatable bonds is 6. The van der Waals surface area contributed by atoms with Gasteiger partial charge in [0.1, 0.15) is 6.33 Å². The van der Waals surface area contributed by atoms with Gasteiger partial charge in [0.15, 0.2) is 11.4 Å². The average Bonchev–Trinajstić information content (AvgIpc) is 3.57. The lowest BCUT2D eigenvalue weighted by Crippen LogP contribution is -2.46. The van der Waals surface area contributed by atoms with E-state index in [9.17, 15) is 4.79 Å². The fourth-order valence-electron chi connectivity index (χ4n) is 6.01. The molecule has 0 bridgehead atoms. The fraction of sp³-hybridized carbons (Fsp3) is 0.483. The predicted molar refractivity (Wildman–Crippen MR) is 147 cm³/mol. The first kappa shape index (κ1) is 24.9. The number of carbonyl (C=O) groups excluding carboxylic acids is 1. The number of methoxy groups -OCH3 is 1. The third-order valence-electron chi connectivity index (χ3n) is 8.07. The molecule has 0 saturated carbocycles. The van der Waals surface area contributed by atoms with Crippen molar-refractivity contribution in [3.05, 3.63) is 47.9 Å². The summed E-state index contributed by atoms with van der Waals surface area (Å²) in [6.07, 6.45) is 5.54. The molecule has 6 rings (SSSR count). The summed E-state index contributed by atoms with van der Waals surface area (Å²) in [6.45, 7) is 9.76. The molecule has 2 saturated heterocycles. The molecule has 2 fully saturated rings. The Bertz CT molecular complexity index is 1440. The van der Waals surface area contributed by atoms with Gasteiger partial charge in [0.05, 0.1) is 32.6 Å². The van der Waals surface area contributed by atoms with Gasteiger partial charge in [0.25, 0.3) is 0 Å². The Hall–Kier alpha value is -3.43. The first-order valence-corrected chi connectivity index (χ1v) is 13.6. The van der Waals surface area contributed by atoms with Gasteiger partial charge in [0, 0.05) is 48.8 Å². The molecule has 9 nitrogen and oxygen atoms in total. The number of H-pyrrole nitrogens is 1. The normalized spacial score (nSPS) is 17.6. The van der Waals surface area contributed by atoms with Crippen LogP contribution in [0.25, 0.3) is 27.8 Å². The quantitative estimate of drug-likeness (QED) is 0.416. The number of likely N-dealkylation sites (tertiary alicyclic amines) is 1. The number of nitrogens with one attached hydrogen (secondary N) is 1. The van der Waals surface area contributed by atoms with Crippen molar-refractivity contribution in [2.45, 2.75) is 38.5 Å². The van der Waals surface area contributed by atoms with Gasteiger partial charge in [-0.1, -0.05) is 19.9 Å². The molecule has 0 aliphatic carbocycles. The number of aromatic nitrogens is 4. The van der Waals surface area contributed by atoms with Crippen molar-refractivity contribution in [1.82, 2.24) is 29.4 Å². The second kappa shape index (κ2) is 10.4. The second-order valence-corrected chi connectivity index (χ2v) is 10.7. The van der Waals surface area contributed by atoms with Crippen LogP contribution >= 0.6 is 0 Å². The Morgan fingerprint density at radius 3 is 2.68 bits per heavy atom. The van der Waals surface area contributed by atoms with Crippen LogP contribution in [-0.4, -0.2) is 88.3 Å². The lowest BCUT2D eigenvalue weighted by atomic mass is 9.87. The van der Waals surface area contributed by atoms with Crippen molar-refractivity contribution in [2.24, 2.45) is 0 Å². The summed E-state index contributed by atoms with van der Waals surface area (Å²) in [6, 6.07) is 8.86. The van der Waals surface area contributed by atoms with Gasteiger partial charge in [-0.05, 0) is 54.0 Å². The van der Waals surface area contributed by atoms with Crippen molar-refractivity contribution in [1.29, 1.82) is 0 Å². The fourth-order valence-corrected chi connectivity index (χ4v) is 6.01. The van der Waals surface area contributed by atoms with Gasteiger partial charge in [-0.25, -0.2) is 9.50 Å². The van der Waals surface area contributed by atoms with E-state index in [2.05, 4.69) is 52.0 Å². The van der Waals surface area contributed by atoms with Crippen LogP contribution in [0.4, 0.5) is 0 Å². The molecule has 4 aromatic rings. The monoisotopic (exact) mass is 516 g/mol. The maximum absolute atomic E-state index is 12.9. The number of aromatic amines is 1. The van der Waals surface area contributed by atoms with Crippen molar-refractivity contribution in [2.75, 3.05) is 53.0 Å². The number of hydrogen-bond acceptors (Lipinski definition) is 6. The Morgan fingerprint density at radius 1 is 1.16 bits per heavy atom. The molecule has 0 unspecified atom stereocenters. The maximum atomic E-state index is 12.9. The van der Waals surface area contributed by atoms with Crippen molar-refractivity contribution >= 4 is 22.5 Å². The zero-order valence-corrected chi connectivity index (χ0v) is 22.4. The minimum Gasteiger partial charge on any atom is -0.493 e. The average molecular weight is 517 g/mol. The maximum Gasteiger partial charge on any atom is 0.236 e. The van der Waals surface area contributed by atoms with Crippen LogP contribution in [-0.2, 0) is 9.53 Å². The first-order valence-electron chi connectivity index (χ1n) is 13.6. The summed E-state index contributed by atoms with van der Waals surface area (Å²) in [5.74, 6) is 1.73. The van der Waals surface area contributed by atoms with Crippen LogP contribution in [0.2, 0.25) is 0 Å². The van der Waals surface area contributed by atoms with Crippen molar-refractivity contribution in [3.63, 3.8) is 0 Å². The molecule has 2 aliphatic heterocycles. The van der Waals surface area contributed by atoms with Crippen molar-refractivity contribution in [3.8, 4) is 17.0 Å². The summed E-state index contributed by atoms with van der Waals surface area (Å²) in [7, 11) is 1.66. The van der Waals surface area contributed by atoms with Crippen LogP contribution in [0.15, 0.2) is 36.8 Å². The topological polar surface area (TPSA) is 88.0 Å². The Kier molecular flexibility index (Phi) is 6.80. The number of nitrogens with zero attached hydrogens (tertiary/aromatic N) is 5. The van der Waals surface area contributed by atoms with Gasteiger partial charge in [0.2, 0.25) is 5.91 Å². The highest BCUT2D eigenvalue weighted by Gasteiger charge is 2.26. The number of fused-ring (bicyclic) bond motifs is 2. The van der Waals surface area contributed by atoms with Gasteiger partial charge in [-0.2, -0.15) is 5.10 Å². The standard InChI is InChI=1S/C29H36N6O3/c1-19(2)27-23-14-21(20-6-8-34(9-7-20)26(36)17-33-10-12-38-13-11-33)4-5-24(23)32-28(27)22-15-25(37-3)29-30-18-31-35(29)16-22/h4-5,14-16,18-20,32H,6-13,17H2,1-3H3. The predicted octanol–water partition coefficient (Wildman–Crippen LogP) is 4.05.